The fraction of sp³-hybridized carbons (Fsp3) is 0.161. The van der Waals surface area contributed by atoms with Crippen molar-refractivity contribution >= 4 is 28.6 Å². The van der Waals surface area contributed by atoms with E-state index in [-0.39, 0.29) is 46.3 Å². The van der Waals surface area contributed by atoms with Gasteiger partial charge in [-0.2, -0.15) is 5.26 Å². The molecule has 0 amide bonds. The zero-order valence-corrected chi connectivity index (χ0v) is 23.0. The summed E-state index contributed by atoms with van der Waals surface area (Å²) >= 11 is 6.38. The van der Waals surface area contributed by atoms with E-state index in [1.54, 1.807) is 37.4 Å². The Morgan fingerprint density at radius 3 is 2.52 bits per heavy atom. The minimum absolute atomic E-state index is 0.126. The molecule has 0 atom stereocenters. The first-order valence-corrected chi connectivity index (χ1v) is 13.1. The van der Waals surface area contributed by atoms with Crippen molar-refractivity contribution in [2.24, 2.45) is 0 Å². The lowest BCUT2D eigenvalue weighted by atomic mass is 10.1. The molecule has 0 saturated carbocycles. The minimum atomic E-state index is -1.05. The molecule has 2 aromatic heterocycles. The van der Waals surface area contributed by atoms with Crippen molar-refractivity contribution in [3.63, 3.8) is 0 Å². The van der Waals surface area contributed by atoms with Crippen LogP contribution in [0.4, 0.5) is 8.78 Å². The van der Waals surface area contributed by atoms with Crippen molar-refractivity contribution in [1.82, 2.24) is 14.5 Å². The van der Waals surface area contributed by atoms with Gasteiger partial charge in [0.05, 0.1) is 45.6 Å². The van der Waals surface area contributed by atoms with Crippen molar-refractivity contribution in [2.45, 2.75) is 19.6 Å². The largest absolute Gasteiger partial charge is 0.478 e. The van der Waals surface area contributed by atoms with Crippen LogP contribution in [0.5, 0.6) is 5.88 Å². The second kappa shape index (κ2) is 12.3. The predicted molar refractivity (Wildman–Crippen MR) is 151 cm³/mol. The number of carbonyl (C=O) groups is 1. The van der Waals surface area contributed by atoms with Crippen LogP contribution in [0.25, 0.3) is 22.3 Å². The Balaban J connectivity index is 1.39. The first-order chi connectivity index (χ1) is 20.3. The monoisotopic (exact) mass is 588 g/mol. The first kappa shape index (κ1) is 28.7. The van der Waals surface area contributed by atoms with E-state index in [1.165, 1.54) is 30.3 Å². The van der Waals surface area contributed by atoms with Crippen molar-refractivity contribution in [2.75, 3.05) is 13.7 Å². The first-order valence-electron chi connectivity index (χ1n) is 12.8. The van der Waals surface area contributed by atoms with Gasteiger partial charge in [-0.25, -0.2) is 23.5 Å². The summed E-state index contributed by atoms with van der Waals surface area (Å²) in [6, 6.07) is 18.3. The van der Waals surface area contributed by atoms with E-state index in [1.807, 2.05) is 10.6 Å². The number of imidazole rings is 1. The van der Waals surface area contributed by atoms with Gasteiger partial charge < -0.3 is 19.1 Å². The molecule has 1 N–H and O–H groups in total. The Morgan fingerprint density at radius 2 is 1.81 bits per heavy atom. The van der Waals surface area contributed by atoms with E-state index in [4.69, 9.17) is 26.3 Å². The highest BCUT2D eigenvalue weighted by Crippen LogP contribution is 2.31. The van der Waals surface area contributed by atoms with Gasteiger partial charge in [0.25, 0.3) is 0 Å². The van der Waals surface area contributed by atoms with Crippen LogP contribution in [0.15, 0.2) is 66.7 Å². The average Bonchev–Trinajstić information content (AvgIpc) is 3.33. The van der Waals surface area contributed by atoms with Crippen molar-refractivity contribution in [1.29, 1.82) is 5.26 Å². The van der Waals surface area contributed by atoms with E-state index >= 15 is 4.39 Å². The number of halogens is 3. The van der Waals surface area contributed by atoms with Crippen LogP contribution in [0.1, 0.15) is 32.9 Å². The maximum Gasteiger partial charge on any atom is 0.335 e. The van der Waals surface area contributed by atoms with Crippen LogP contribution in [-0.2, 0) is 24.3 Å². The molecule has 0 saturated heterocycles. The summed E-state index contributed by atoms with van der Waals surface area (Å²) in [6.07, 6.45) is 0.146. The van der Waals surface area contributed by atoms with E-state index in [0.717, 1.165) is 6.07 Å². The Labute approximate surface area is 244 Å². The van der Waals surface area contributed by atoms with Gasteiger partial charge in [0, 0.05) is 37.3 Å². The van der Waals surface area contributed by atoms with E-state index in [9.17, 15) is 14.3 Å². The lowest BCUT2D eigenvalue weighted by Crippen LogP contribution is -2.10. The van der Waals surface area contributed by atoms with Gasteiger partial charge in [-0.3, -0.25) is 0 Å². The molecule has 0 fully saturated rings. The molecular formula is C31H23ClF2N4O4. The summed E-state index contributed by atoms with van der Waals surface area (Å²) < 4.78 is 42.4. The van der Waals surface area contributed by atoms with Crippen LogP contribution < -0.4 is 4.74 Å². The van der Waals surface area contributed by atoms with Gasteiger partial charge in [-0.05, 0) is 48.0 Å². The van der Waals surface area contributed by atoms with Crippen LogP contribution >= 0.6 is 11.6 Å². The molecule has 0 bridgehead atoms. The number of aromatic carboxylic acids is 1. The van der Waals surface area contributed by atoms with E-state index in [2.05, 4.69) is 9.97 Å². The SMILES string of the molecule is COCCn1c(Cc2ccc(-c3nc(OCc4ccc(C#N)cc4F)ccc3Cl)cc2F)nc2ccc(C(=O)O)cc21. The highest BCUT2D eigenvalue weighted by Gasteiger charge is 2.17. The van der Waals surface area contributed by atoms with Gasteiger partial charge in [0.1, 0.15) is 24.1 Å². The molecule has 11 heteroatoms. The van der Waals surface area contributed by atoms with Crippen molar-refractivity contribution < 1.29 is 28.2 Å². The van der Waals surface area contributed by atoms with Crippen LogP contribution in [-0.4, -0.2) is 39.3 Å². The van der Waals surface area contributed by atoms with Crippen LogP contribution in [0, 0.1) is 23.0 Å². The average molecular weight is 589 g/mol. The lowest BCUT2D eigenvalue weighted by Gasteiger charge is -2.12. The normalized spacial score (nSPS) is 11.0. The smallest absolute Gasteiger partial charge is 0.335 e. The number of fused-ring (bicyclic) bond motifs is 1. The summed E-state index contributed by atoms with van der Waals surface area (Å²) in [5, 5.41) is 18.6. The third-order valence-corrected chi connectivity index (χ3v) is 6.95. The summed E-state index contributed by atoms with van der Waals surface area (Å²) in [6.45, 7) is 0.637. The number of hydrogen-bond donors (Lipinski definition) is 1. The Morgan fingerprint density at radius 1 is 1.02 bits per heavy atom. The second-order valence-corrected chi connectivity index (χ2v) is 9.76. The van der Waals surface area contributed by atoms with Gasteiger partial charge in [0.15, 0.2) is 0 Å². The van der Waals surface area contributed by atoms with Crippen LogP contribution in [0.2, 0.25) is 5.02 Å². The molecule has 5 rings (SSSR count). The Kier molecular flexibility index (Phi) is 8.43. The van der Waals surface area contributed by atoms with Crippen LogP contribution in [0.3, 0.4) is 0 Å². The second-order valence-electron chi connectivity index (χ2n) is 9.35. The number of carboxylic acids is 1. The van der Waals surface area contributed by atoms with Crippen molar-refractivity contribution in [3.05, 3.63) is 111 Å². The third kappa shape index (κ3) is 6.07. The van der Waals surface area contributed by atoms with Crippen molar-refractivity contribution in [3.8, 4) is 23.2 Å². The molecule has 0 spiro atoms. The maximum absolute atomic E-state index is 15.4. The standard InChI is InChI=1S/C31H23ClF2N4O4/c1-41-11-10-38-27-14-21(31(39)40)6-8-26(27)36-28(38)15-19-4-5-20(13-25(19)34)30-23(32)7-9-29(37-30)42-17-22-3-2-18(16-35)12-24(22)33/h2-9,12-14H,10-11,15,17H2,1H3,(H,39,40). The fourth-order valence-corrected chi connectivity index (χ4v) is 4.69. The molecule has 212 valence electrons. The number of ether oxygens (including phenoxy) is 2. The van der Waals surface area contributed by atoms with E-state index < -0.39 is 17.6 Å². The van der Waals surface area contributed by atoms with Gasteiger partial charge >= 0.3 is 5.97 Å². The molecule has 0 aliphatic rings. The third-order valence-electron chi connectivity index (χ3n) is 6.65. The summed E-state index contributed by atoms with van der Waals surface area (Å²) in [7, 11) is 1.56. The highest BCUT2D eigenvalue weighted by atomic mass is 35.5. The molecule has 2 heterocycles. The summed E-state index contributed by atoms with van der Waals surface area (Å²) in [5.41, 5.74) is 2.85. The molecular weight excluding hydrogens is 566 g/mol. The van der Waals surface area contributed by atoms with E-state index in [0.29, 0.717) is 41.1 Å². The number of carboxylic acid groups (broad SMARTS) is 1. The summed E-state index contributed by atoms with van der Waals surface area (Å²) in [4.78, 5) is 20.5. The number of pyridine rings is 1. The lowest BCUT2D eigenvalue weighted by molar-refractivity contribution is 0.0697. The van der Waals surface area contributed by atoms with Gasteiger partial charge in [-0.15, -0.1) is 0 Å². The molecule has 0 aliphatic carbocycles. The zero-order valence-electron chi connectivity index (χ0n) is 22.3. The Bertz CT molecular complexity index is 1850. The fourth-order valence-electron chi connectivity index (χ4n) is 4.47. The molecule has 0 radical (unpaired) electrons. The number of aromatic nitrogens is 3. The quantitative estimate of drug-likeness (QED) is 0.200. The number of hydrogen-bond acceptors (Lipinski definition) is 6. The number of nitriles is 1. The molecule has 5 aromatic rings. The topological polar surface area (TPSA) is 110 Å². The minimum Gasteiger partial charge on any atom is -0.478 e. The number of rotatable bonds is 10. The predicted octanol–water partition coefficient (Wildman–Crippen LogP) is 6.42. The number of methoxy groups -OCH3 is 1. The molecule has 3 aromatic carbocycles. The van der Waals surface area contributed by atoms with Gasteiger partial charge in [0.2, 0.25) is 5.88 Å². The maximum atomic E-state index is 15.4. The molecule has 8 nitrogen and oxygen atoms in total. The number of benzene rings is 3. The highest BCUT2D eigenvalue weighted by molar-refractivity contribution is 6.33. The zero-order chi connectivity index (χ0) is 29.8. The molecule has 0 aliphatic heterocycles. The van der Waals surface area contributed by atoms with Gasteiger partial charge in [-0.1, -0.05) is 29.8 Å². The summed E-state index contributed by atoms with van der Waals surface area (Å²) in [5.74, 6) is -1.41. The molecule has 0 unspecified atom stereocenters. The molecule has 42 heavy (non-hydrogen) atoms. The Hall–Kier alpha value is -4.85. The number of nitrogens with zero attached hydrogens (tertiary/aromatic N) is 4.